The van der Waals surface area contributed by atoms with Crippen molar-refractivity contribution in [2.24, 2.45) is 0 Å². The number of nitrogens with one attached hydrogen (secondary N) is 1. The largest absolute Gasteiger partial charge is 0.310 e. The molecule has 0 spiro atoms. The fourth-order valence-electron chi connectivity index (χ4n) is 1.93. The van der Waals surface area contributed by atoms with Crippen LogP contribution in [0.2, 0.25) is 0 Å². The highest BCUT2D eigenvalue weighted by atomic mass is 32.2. The summed E-state index contributed by atoms with van der Waals surface area (Å²) >= 11 is 3.50. The molecule has 0 fully saturated rings. The maximum Gasteiger partial charge on any atom is 0.0794 e. The third kappa shape index (κ3) is 3.57. The van der Waals surface area contributed by atoms with Gasteiger partial charge in [-0.3, -0.25) is 4.98 Å². The van der Waals surface area contributed by atoms with Crippen molar-refractivity contribution in [2.75, 3.05) is 12.8 Å². The lowest BCUT2D eigenvalue weighted by molar-refractivity contribution is 0.552. The number of nitrogens with zero attached hydrogens (tertiary/aromatic N) is 1. The molecule has 0 saturated carbocycles. The molecular weight excluding hydrogens is 260 g/mol. The molecule has 1 unspecified atom stereocenters. The van der Waals surface area contributed by atoms with Crippen molar-refractivity contribution in [2.45, 2.75) is 24.3 Å². The van der Waals surface area contributed by atoms with Crippen LogP contribution in [0.4, 0.5) is 0 Å². The van der Waals surface area contributed by atoms with Gasteiger partial charge in [-0.05, 0) is 30.5 Å². The minimum atomic E-state index is 0.381. The van der Waals surface area contributed by atoms with Gasteiger partial charge in [-0.2, -0.15) is 0 Å². The second-order valence-corrected chi connectivity index (χ2v) is 5.91. The number of aromatic nitrogens is 1. The third-order valence-corrected chi connectivity index (χ3v) is 4.40. The van der Waals surface area contributed by atoms with Crippen LogP contribution >= 0.6 is 23.1 Å². The van der Waals surface area contributed by atoms with Crippen LogP contribution in [0.15, 0.2) is 40.9 Å². The predicted molar refractivity (Wildman–Crippen MR) is 80.5 cm³/mol. The van der Waals surface area contributed by atoms with Crippen LogP contribution in [0.5, 0.6) is 0 Å². The highest BCUT2D eigenvalue weighted by Gasteiger charge is 2.11. The molecule has 1 N–H and O–H groups in total. The topological polar surface area (TPSA) is 24.9 Å². The molecule has 1 atom stereocenters. The predicted octanol–water partition coefficient (Wildman–Crippen LogP) is 3.76. The van der Waals surface area contributed by atoms with Crippen molar-refractivity contribution in [1.29, 1.82) is 0 Å². The first kappa shape index (κ1) is 13.6. The molecule has 0 aliphatic carbocycles. The van der Waals surface area contributed by atoms with Gasteiger partial charge >= 0.3 is 0 Å². The molecule has 1 aromatic heterocycles. The molecule has 0 aliphatic rings. The summed E-state index contributed by atoms with van der Waals surface area (Å²) in [4.78, 5) is 6.78. The van der Waals surface area contributed by atoms with Crippen LogP contribution in [0.1, 0.15) is 23.4 Å². The van der Waals surface area contributed by atoms with Gasteiger partial charge in [0, 0.05) is 28.4 Å². The zero-order valence-electron chi connectivity index (χ0n) is 10.7. The van der Waals surface area contributed by atoms with E-state index in [1.165, 1.54) is 15.3 Å². The van der Waals surface area contributed by atoms with Gasteiger partial charge in [0.15, 0.2) is 0 Å². The fraction of sp³-hybridized carbons (Fsp3) is 0.357. The van der Waals surface area contributed by atoms with E-state index in [-0.39, 0.29) is 0 Å². The first-order valence-corrected chi connectivity index (χ1v) is 8.18. The summed E-state index contributed by atoms with van der Waals surface area (Å²) in [6.07, 6.45) is 5.08. The van der Waals surface area contributed by atoms with E-state index in [2.05, 4.69) is 47.7 Å². The maximum atomic E-state index is 4.14. The van der Waals surface area contributed by atoms with Crippen molar-refractivity contribution in [3.05, 3.63) is 46.4 Å². The second kappa shape index (κ2) is 6.92. The van der Waals surface area contributed by atoms with E-state index in [4.69, 9.17) is 0 Å². The van der Waals surface area contributed by atoms with E-state index in [1.54, 1.807) is 23.1 Å². The maximum absolute atomic E-state index is 4.14. The van der Waals surface area contributed by atoms with Crippen LogP contribution in [-0.4, -0.2) is 17.8 Å². The normalized spacial score (nSPS) is 12.6. The molecule has 1 heterocycles. The van der Waals surface area contributed by atoms with Gasteiger partial charge in [-0.1, -0.05) is 19.1 Å². The van der Waals surface area contributed by atoms with Crippen LogP contribution in [0.3, 0.4) is 0 Å². The lowest BCUT2D eigenvalue weighted by Crippen LogP contribution is -2.22. The third-order valence-electron chi connectivity index (χ3n) is 2.86. The molecule has 2 rings (SSSR count). The molecule has 0 saturated heterocycles. The Bertz CT molecular complexity index is 451. The smallest absolute Gasteiger partial charge is 0.0794 e. The van der Waals surface area contributed by atoms with Crippen molar-refractivity contribution in [1.82, 2.24) is 10.3 Å². The van der Waals surface area contributed by atoms with E-state index < -0.39 is 0 Å². The minimum Gasteiger partial charge on any atom is -0.310 e. The Morgan fingerprint density at radius 1 is 1.33 bits per heavy atom. The Morgan fingerprint density at radius 2 is 2.11 bits per heavy atom. The first-order valence-electron chi connectivity index (χ1n) is 6.08. The molecule has 0 bridgehead atoms. The standard InChI is InChI=1S/C14H18N2S2/c1-3-16-14(8-13-9-15-10-18-13)11-4-6-12(17-2)7-5-11/h4-7,9-10,14,16H,3,8H2,1-2H3. The van der Waals surface area contributed by atoms with Crippen LogP contribution < -0.4 is 5.32 Å². The number of hydrogen-bond acceptors (Lipinski definition) is 4. The summed E-state index contributed by atoms with van der Waals surface area (Å²) in [6, 6.07) is 9.21. The summed E-state index contributed by atoms with van der Waals surface area (Å²) in [6.45, 7) is 3.13. The number of thiazole rings is 1. The van der Waals surface area contributed by atoms with E-state index in [0.29, 0.717) is 6.04 Å². The van der Waals surface area contributed by atoms with Crippen LogP contribution in [0, 0.1) is 0 Å². The fourth-order valence-corrected chi connectivity index (χ4v) is 2.98. The van der Waals surface area contributed by atoms with Gasteiger partial charge in [0.1, 0.15) is 0 Å². The lowest BCUT2D eigenvalue weighted by atomic mass is 10.0. The molecule has 2 nitrogen and oxygen atoms in total. The number of hydrogen-bond donors (Lipinski definition) is 1. The molecule has 18 heavy (non-hydrogen) atoms. The van der Waals surface area contributed by atoms with E-state index in [9.17, 15) is 0 Å². The Labute approximate surface area is 117 Å². The minimum absolute atomic E-state index is 0.381. The summed E-state index contributed by atoms with van der Waals surface area (Å²) in [5.41, 5.74) is 3.25. The van der Waals surface area contributed by atoms with Crippen molar-refractivity contribution in [3.8, 4) is 0 Å². The monoisotopic (exact) mass is 278 g/mol. The lowest BCUT2D eigenvalue weighted by Gasteiger charge is -2.17. The molecule has 1 aromatic carbocycles. The molecule has 0 aliphatic heterocycles. The Kier molecular flexibility index (Phi) is 5.23. The second-order valence-electron chi connectivity index (χ2n) is 4.06. The summed E-state index contributed by atoms with van der Waals surface area (Å²) < 4.78 is 0. The van der Waals surface area contributed by atoms with Gasteiger partial charge < -0.3 is 5.32 Å². The molecule has 96 valence electrons. The van der Waals surface area contributed by atoms with Crippen molar-refractivity contribution in [3.63, 3.8) is 0 Å². The van der Waals surface area contributed by atoms with Gasteiger partial charge in [0.25, 0.3) is 0 Å². The molecule has 0 radical (unpaired) electrons. The van der Waals surface area contributed by atoms with E-state index in [1.807, 2.05) is 11.7 Å². The zero-order chi connectivity index (χ0) is 12.8. The summed E-state index contributed by atoms with van der Waals surface area (Å²) in [5.74, 6) is 0. The average Bonchev–Trinajstić information content (AvgIpc) is 2.91. The average molecular weight is 278 g/mol. The highest BCUT2D eigenvalue weighted by molar-refractivity contribution is 7.98. The molecule has 0 amide bonds. The highest BCUT2D eigenvalue weighted by Crippen LogP contribution is 2.23. The molecular formula is C14H18N2S2. The summed E-state index contributed by atoms with van der Waals surface area (Å²) in [5, 5.41) is 3.55. The van der Waals surface area contributed by atoms with Gasteiger partial charge in [0.2, 0.25) is 0 Å². The molecule has 2 aromatic rings. The number of benzene rings is 1. The van der Waals surface area contributed by atoms with E-state index >= 15 is 0 Å². The number of likely N-dealkylation sites (N-methyl/N-ethyl adjacent to an activating group) is 1. The first-order chi connectivity index (χ1) is 8.83. The quantitative estimate of drug-likeness (QED) is 0.814. The zero-order valence-corrected chi connectivity index (χ0v) is 12.4. The Balaban J connectivity index is 2.12. The Hall–Kier alpha value is -0.840. The van der Waals surface area contributed by atoms with Gasteiger partial charge in [-0.25, -0.2) is 0 Å². The van der Waals surface area contributed by atoms with Gasteiger partial charge in [0.05, 0.1) is 5.51 Å². The summed E-state index contributed by atoms with van der Waals surface area (Å²) in [7, 11) is 0. The van der Waals surface area contributed by atoms with Crippen molar-refractivity contribution >= 4 is 23.1 Å². The van der Waals surface area contributed by atoms with Gasteiger partial charge in [-0.15, -0.1) is 23.1 Å². The molecule has 4 heteroatoms. The van der Waals surface area contributed by atoms with Crippen molar-refractivity contribution < 1.29 is 0 Å². The number of rotatable bonds is 6. The van der Waals surface area contributed by atoms with Crippen LogP contribution in [-0.2, 0) is 6.42 Å². The van der Waals surface area contributed by atoms with E-state index in [0.717, 1.165) is 13.0 Å². The SMILES string of the molecule is CCNC(Cc1cncs1)c1ccc(SC)cc1. The Morgan fingerprint density at radius 3 is 2.67 bits per heavy atom. The number of thioether (sulfide) groups is 1. The van der Waals surface area contributed by atoms with Crippen LogP contribution in [0.25, 0.3) is 0 Å².